The lowest BCUT2D eigenvalue weighted by molar-refractivity contribution is -0.277. The van der Waals surface area contributed by atoms with Crippen molar-refractivity contribution < 1.29 is 59.8 Å². The lowest BCUT2D eigenvalue weighted by Gasteiger charge is -2.39. The molecule has 1 saturated heterocycles. The Balaban J connectivity index is 1.89. The number of phenols is 4. The normalized spacial score (nSPS) is 24.9. The van der Waals surface area contributed by atoms with E-state index >= 15 is 0 Å². The molecular formula is C21H20O13. The number of aromatic hydroxyl groups is 5. The van der Waals surface area contributed by atoms with E-state index in [0.717, 1.165) is 12.1 Å². The van der Waals surface area contributed by atoms with Crippen molar-refractivity contribution in [3.8, 4) is 45.8 Å². The summed E-state index contributed by atoms with van der Waals surface area (Å²) in [6.07, 6.45) is -8.50. The number of ether oxygens (including phenoxy) is 2. The number of phenolic OH excluding ortho intramolecular Hbond substituents is 4. The molecule has 182 valence electrons. The van der Waals surface area contributed by atoms with E-state index in [2.05, 4.69) is 0 Å². The Bertz CT molecular complexity index is 1300. The second-order valence-corrected chi connectivity index (χ2v) is 7.58. The minimum Gasteiger partial charge on any atom is -0.507 e. The summed E-state index contributed by atoms with van der Waals surface area (Å²) < 4.78 is 16.2. The molecule has 0 unspecified atom stereocenters. The highest BCUT2D eigenvalue weighted by atomic mass is 16.7. The van der Waals surface area contributed by atoms with Gasteiger partial charge in [0.2, 0.25) is 23.2 Å². The van der Waals surface area contributed by atoms with Gasteiger partial charge in [-0.2, -0.15) is 0 Å². The first kappa shape index (κ1) is 23.4. The van der Waals surface area contributed by atoms with Crippen LogP contribution in [-0.4, -0.2) is 83.3 Å². The van der Waals surface area contributed by atoms with Gasteiger partial charge in [0, 0.05) is 11.6 Å². The molecule has 4 rings (SSSR count). The highest BCUT2D eigenvalue weighted by Gasteiger charge is 2.45. The van der Waals surface area contributed by atoms with Crippen molar-refractivity contribution in [2.45, 2.75) is 30.7 Å². The van der Waals surface area contributed by atoms with Gasteiger partial charge in [0.05, 0.1) is 6.61 Å². The molecule has 3 aromatic rings. The third-order valence-corrected chi connectivity index (χ3v) is 5.38. The highest BCUT2D eigenvalue weighted by molar-refractivity contribution is 5.93. The zero-order valence-electron chi connectivity index (χ0n) is 17.1. The topological polar surface area (TPSA) is 231 Å². The molecule has 0 bridgehead atoms. The number of fused-ring (bicyclic) bond motifs is 1. The van der Waals surface area contributed by atoms with Crippen molar-refractivity contribution in [1.29, 1.82) is 0 Å². The molecule has 13 heteroatoms. The van der Waals surface area contributed by atoms with Crippen molar-refractivity contribution in [2.75, 3.05) is 6.61 Å². The number of hydrogen-bond acceptors (Lipinski definition) is 13. The Morgan fingerprint density at radius 1 is 0.853 bits per heavy atom. The van der Waals surface area contributed by atoms with Crippen LogP contribution in [0, 0.1) is 0 Å². The molecule has 0 radical (unpaired) electrons. The number of rotatable bonds is 4. The largest absolute Gasteiger partial charge is 0.507 e. The lowest BCUT2D eigenvalue weighted by Crippen LogP contribution is -2.60. The molecule has 1 fully saturated rings. The van der Waals surface area contributed by atoms with E-state index < -0.39 is 94.0 Å². The molecule has 1 aromatic heterocycles. The standard InChI is InChI=1S/C21H20O13/c22-5-11-13(27)15(29)17(31)21(32-11)34-19-10(26)4-9(25)12-14(28)16(30)18(33-20(12)19)6-1-2-7(23)8(24)3-6/h1-4,11,13,15,17,21-27,29-31H,5H2/t11-,13-,15-,17+,21-/m1/s1. The average molecular weight is 480 g/mol. The number of aliphatic hydroxyl groups excluding tert-OH is 4. The maximum atomic E-state index is 12.8. The molecule has 0 aliphatic carbocycles. The van der Waals surface area contributed by atoms with Crippen LogP contribution >= 0.6 is 0 Å². The number of hydrogen-bond donors (Lipinski definition) is 9. The SMILES string of the molecule is O=c1c(O)c(-c2ccc(O)c(O)c2)oc2c(O[C@H]3O[C@H](CO)[C@@H](O)[C@@H](O)[C@@H]3O)c(O)cc(O)c12. The van der Waals surface area contributed by atoms with Crippen molar-refractivity contribution in [1.82, 2.24) is 0 Å². The van der Waals surface area contributed by atoms with Crippen LogP contribution in [0.5, 0.6) is 34.5 Å². The van der Waals surface area contributed by atoms with Crippen LogP contribution < -0.4 is 10.2 Å². The number of aliphatic hydroxyl groups is 4. The van der Waals surface area contributed by atoms with E-state index in [-0.39, 0.29) is 5.56 Å². The predicted octanol–water partition coefficient (Wildman–Crippen LogP) is -0.833. The van der Waals surface area contributed by atoms with Gasteiger partial charge in [0.1, 0.15) is 35.6 Å². The molecule has 9 N–H and O–H groups in total. The number of benzene rings is 2. The predicted molar refractivity (Wildman–Crippen MR) is 111 cm³/mol. The third kappa shape index (κ3) is 3.70. The minimum absolute atomic E-state index is 0.0755. The molecule has 1 aliphatic heterocycles. The Morgan fingerprint density at radius 2 is 1.56 bits per heavy atom. The summed E-state index contributed by atoms with van der Waals surface area (Å²) in [5, 5.41) is 89.0. The molecule has 0 spiro atoms. The molecular weight excluding hydrogens is 460 g/mol. The molecule has 2 heterocycles. The zero-order valence-corrected chi connectivity index (χ0v) is 17.1. The summed E-state index contributed by atoms with van der Waals surface area (Å²) in [5.74, 6) is -4.84. The molecule has 34 heavy (non-hydrogen) atoms. The average Bonchev–Trinajstić information content (AvgIpc) is 2.80. The van der Waals surface area contributed by atoms with E-state index in [4.69, 9.17) is 13.9 Å². The van der Waals surface area contributed by atoms with Crippen LogP contribution in [-0.2, 0) is 4.74 Å². The van der Waals surface area contributed by atoms with E-state index in [1.165, 1.54) is 6.07 Å². The van der Waals surface area contributed by atoms with Crippen molar-refractivity contribution >= 4 is 11.0 Å². The second-order valence-electron chi connectivity index (χ2n) is 7.58. The van der Waals surface area contributed by atoms with Crippen LogP contribution in [0.2, 0.25) is 0 Å². The fourth-order valence-corrected chi connectivity index (χ4v) is 3.56. The van der Waals surface area contributed by atoms with Gasteiger partial charge in [-0.05, 0) is 18.2 Å². The summed E-state index contributed by atoms with van der Waals surface area (Å²) in [6.45, 7) is -0.759. The van der Waals surface area contributed by atoms with Crippen molar-refractivity contribution in [2.24, 2.45) is 0 Å². The quantitative estimate of drug-likeness (QED) is 0.208. The smallest absolute Gasteiger partial charge is 0.238 e. The zero-order chi connectivity index (χ0) is 24.9. The summed E-state index contributed by atoms with van der Waals surface area (Å²) in [4.78, 5) is 12.8. The maximum absolute atomic E-state index is 12.8. The lowest BCUT2D eigenvalue weighted by atomic mass is 9.99. The Hall–Kier alpha value is -3.75. The molecule has 1 aliphatic rings. The summed E-state index contributed by atoms with van der Waals surface area (Å²) in [6, 6.07) is 3.92. The van der Waals surface area contributed by atoms with Gasteiger partial charge >= 0.3 is 0 Å². The first-order valence-corrected chi connectivity index (χ1v) is 9.79. The summed E-state index contributed by atoms with van der Waals surface area (Å²) in [5.41, 5.74) is -1.84. The second kappa shape index (κ2) is 8.55. The first-order valence-electron chi connectivity index (χ1n) is 9.79. The fourth-order valence-electron chi connectivity index (χ4n) is 3.56. The molecule has 2 aromatic carbocycles. The first-order chi connectivity index (χ1) is 16.0. The van der Waals surface area contributed by atoms with Crippen LogP contribution in [0.3, 0.4) is 0 Å². The molecule has 13 nitrogen and oxygen atoms in total. The van der Waals surface area contributed by atoms with Crippen LogP contribution in [0.25, 0.3) is 22.3 Å². The monoisotopic (exact) mass is 480 g/mol. The molecule has 0 amide bonds. The Kier molecular flexibility index (Phi) is 5.89. The van der Waals surface area contributed by atoms with E-state index in [9.17, 15) is 50.8 Å². The Labute approximate surface area is 189 Å². The molecule has 0 saturated carbocycles. The third-order valence-electron chi connectivity index (χ3n) is 5.38. The maximum Gasteiger partial charge on any atom is 0.238 e. The summed E-state index contributed by atoms with van der Waals surface area (Å²) >= 11 is 0. The van der Waals surface area contributed by atoms with Gasteiger partial charge in [-0.1, -0.05) is 0 Å². The van der Waals surface area contributed by atoms with Gasteiger partial charge in [-0.25, -0.2) is 0 Å². The minimum atomic E-state index is -1.88. The van der Waals surface area contributed by atoms with Gasteiger partial charge in [0.15, 0.2) is 28.6 Å². The van der Waals surface area contributed by atoms with E-state index in [1.54, 1.807) is 0 Å². The van der Waals surface area contributed by atoms with Crippen molar-refractivity contribution in [3.63, 3.8) is 0 Å². The van der Waals surface area contributed by atoms with Gasteiger partial charge in [-0.3, -0.25) is 4.79 Å². The Morgan fingerprint density at radius 3 is 2.21 bits per heavy atom. The van der Waals surface area contributed by atoms with Crippen molar-refractivity contribution in [3.05, 3.63) is 34.5 Å². The van der Waals surface area contributed by atoms with Crippen LogP contribution in [0.4, 0.5) is 0 Å². The van der Waals surface area contributed by atoms with Gasteiger partial charge in [0.25, 0.3) is 0 Å². The van der Waals surface area contributed by atoms with Gasteiger partial charge in [-0.15, -0.1) is 0 Å². The molecule has 5 atom stereocenters. The van der Waals surface area contributed by atoms with Crippen LogP contribution in [0.1, 0.15) is 0 Å². The van der Waals surface area contributed by atoms with E-state index in [0.29, 0.717) is 6.07 Å². The van der Waals surface area contributed by atoms with Crippen LogP contribution in [0.15, 0.2) is 33.5 Å². The summed E-state index contributed by atoms with van der Waals surface area (Å²) in [7, 11) is 0. The van der Waals surface area contributed by atoms with E-state index in [1.807, 2.05) is 0 Å². The van der Waals surface area contributed by atoms with Gasteiger partial charge < -0.3 is 59.8 Å². The highest BCUT2D eigenvalue weighted by Crippen LogP contribution is 2.44. The fraction of sp³-hybridized carbons (Fsp3) is 0.286.